The van der Waals surface area contributed by atoms with Gasteiger partial charge in [0.15, 0.2) is 11.0 Å². The molecule has 1 fully saturated rings. The van der Waals surface area contributed by atoms with Crippen molar-refractivity contribution in [1.29, 1.82) is 0 Å². The van der Waals surface area contributed by atoms with Crippen LogP contribution in [-0.4, -0.2) is 48.9 Å². The average Bonchev–Trinajstić information content (AvgIpc) is 3.48. The van der Waals surface area contributed by atoms with Crippen molar-refractivity contribution in [2.24, 2.45) is 7.05 Å². The van der Waals surface area contributed by atoms with Crippen LogP contribution in [0.25, 0.3) is 10.7 Å². The zero-order valence-electron chi connectivity index (χ0n) is 16.7. The SMILES string of the molecule is Cc1nn(C)c(C)c1NC(=O)CSc1nnc(-c2cccs2)n1CC1CCCO1. The molecule has 3 aromatic heterocycles. The summed E-state index contributed by atoms with van der Waals surface area (Å²) in [5, 5.41) is 18.8. The molecular formula is C19H24N6O2S2. The van der Waals surface area contributed by atoms with Gasteiger partial charge >= 0.3 is 0 Å². The fraction of sp³-hybridized carbons (Fsp3) is 0.474. The number of hydrogen-bond acceptors (Lipinski definition) is 7. The number of carbonyl (C=O) groups is 1. The highest BCUT2D eigenvalue weighted by molar-refractivity contribution is 7.99. The second-order valence-corrected chi connectivity index (χ2v) is 8.93. The molecule has 29 heavy (non-hydrogen) atoms. The fourth-order valence-corrected chi connectivity index (χ4v) is 4.87. The van der Waals surface area contributed by atoms with E-state index in [2.05, 4.69) is 25.2 Å². The Hall–Kier alpha value is -2.17. The van der Waals surface area contributed by atoms with E-state index in [-0.39, 0.29) is 17.8 Å². The Morgan fingerprint density at radius 3 is 2.93 bits per heavy atom. The molecule has 4 rings (SSSR count). The maximum absolute atomic E-state index is 12.5. The zero-order chi connectivity index (χ0) is 20.4. The molecule has 0 saturated carbocycles. The number of ether oxygens (including phenoxy) is 1. The second kappa shape index (κ2) is 8.68. The molecule has 1 atom stereocenters. The zero-order valence-corrected chi connectivity index (χ0v) is 18.3. The highest BCUT2D eigenvalue weighted by Crippen LogP contribution is 2.29. The van der Waals surface area contributed by atoms with E-state index in [9.17, 15) is 4.79 Å². The van der Waals surface area contributed by atoms with Crippen LogP contribution in [0.15, 0.2) is 22.7 Å². The predicted octanol–water partition coefficient (Wildman–Crippen LogP) is 3.27. The molecule has 3 aromatic rings. The van der Waals surface area contributed by atoms with Gasteiger partial charge in [-0.05, 0) is 38.1 Å². The number of rotatable bonds is 7. The van der Waals surface area contributed by atoms with Gasteiger partial charge in [0.25, 0.3) is 0 Å². The summed E-state index contributed by atoms with van der Waals surface area (Å²) < 4.78 is 9.67. The minimum Gasteiger partial charge on any atom is -0.376 e. The molecule has 1 aliphatic heterocycles. The number of thiophene rings is 1. The molecule has 1 saturated heterocycles. The Bertz CT molecular complexity index is 989. The van der Waals surface area contributed by atoms with Crippen LogP contribution in [-0.2, 0) is 23.1 Å². The van der Waals surface area contributed by atoms with Crippen molar-refractivity contribution in [2.75, 3.05) is 17.7 Å². The molecule has 0 spiro atoms. The second-order valence-electron chi connectivity index (χ2n) is 7.04. The Labute approximate surface area is 177 Å². The quantitative estimate of drug-likeness (QED) is 0.577. The third kappa shape index (κ3) is 4.39. The van der Waals surface area contributed by atoms with E-state index in [0.717, 1.165) is 52.4 Å². The van der Waals surface area contributed by atoms with Crippen LogP contribution in [0.1, 0.15) is 24.2 Å². The van der Waals surface area contributed by atoms with E-state index in [4.69, 9.17) is 4.74 Å². The van der Waals surface area contributed by atoms with Gasteiger partial charge in [-0.25, -0.2) is 0 Å². The summed E-state index contributed by atoms with van der Waals surface area (Å²) in [4.78, 5) is 13.6. The van der Waals surface area contributed by atoms with Crippen LogP contribution < -0.4 is 5.32 Å². The van der Waals surface area contributed by atoms with Crippen LogP contribution in [0.5, 0.6) is 0 Å². The maximum atomic E-state index is 12.5. The van der Waals surface area contributed by atoms with E-state index in [1.54, 1.807) is 16.0 Å². The summed E-state index contributed by atoms with van der Waals surface area (Å²) in [5.74, 6) is 0.998. The van der Waals surface area contributed by atoms with E-state index in [0.29, 0.717) is 6.54 Å². The molecule has 0 radical (unpaired) electrons. The molecule has 4 heterocycles. The van der Waals surface area contributed by atoms with E-state index in [1.165, 1.54) is 11.8 Å². The summed E-state index contributed by atoms with van der Waals surface area (Å²) in [7, 11) is 1.87. The molecule has 154 valence electrons. The Balaban J connectivity index is 1.48. The van der Waals surface area contributed by atoms with Gasteiger partial charge < -0.3 is 10.1 Å². The largest absolute Gasteiger partial charge is 0.376 e. The molecule has 1 amide bonds. The van der Waals surface area contributed by atoms with Gasteiger partial charge in [0, 0.05) is 13.7 Å². The van der Waals surface area contributed by atoms with Crippen LogP contribution in [0, 0.1) is 13.8 Å². The Morgan fingerprint density at radius 1 is 1.41 bits per heavy atom. The molecule has 0 aliphatic carbocycles. The normalized spacial score (nSPS) is 16.4. The predicted molar refractivity (Wildman–Crippen MR) is 114 cm³/mol. The first kappa shape index (κ1) is 20.1. The number of thioether (sulfide) groups is 1. The molecule has 0 bridgehead atoms. The van der Waals surface area contributed by atoms with Gasteiger partial charge in [0.2, 0.25) is 5.91 Å². The summed E-state index contributed by atoms with van der Waals surface area (Å²) in [6.45, 7) is 5.33. The number of hydrogen-bond donors (Lipinski definition) is 1. The van der Waals surface area contributed by atoms with Crippen molar-refractivity contribution in [2.45, 2.75) is 44.5 Å². The van der Waals surface area contributed by atoms with Gasteiger partial charge in [-0.15, -0.1) is 21.5 Å². The summed E-state index contributed by atoms with van der Waals surface area (Å²) in [5.41, 5.74) is 2.52. The third-order valence-corrected chi connectivity index (χ3v) is 6.81. The topological polar surface area (TPSA) is 86.9 Å². The number of aryl methyl sites for hydroxylation is 2. The standard InChI is InChI=1S/C19H24N6O2S2/c1-12-17(13(2)24(3)23-12)20-16(26)11-29-19-22-21-18(15-7-5-9-28-15)25(19)10-14-6-4-8-27-14/h5,7,9,14H,4,6,8,10-11H2,1-3H3,(H,20,26). The lowest BCUT2D eigenvalue weighted by atomic mass is 10.2. The van der Waals surface area contributed by atoms with Crippen molar-refractivity contribution in [3.8, 4) is 10.7 Å². The minimum atomic E-state index is -0.0847. The van der Waals surface area contributed by atoms with Crippen molar-refractivity contribution >= 4 is 34.7 Å². The number of nitrogens with one attached hydrogen (secondary N) is 1. The van der Waals surface area contributed by atoms with Gasteiger partial charge in [-0.1, -0.05) is 17.8 Å². The van der Waals surface area contributed by atoms with Gasteiger partial charge in [-0.2, -0.15) is 5.10 Å². The molecule has 1 aliphatic rings. The summed E-state index contributed by atoms with van der Waals surface area (Å²) >= 11 is 3.02. The lowest BCUT2D eigenvalue weighted by Crippen LogP contribution is -2.18. The highest BCUT2D eigenvalue weighted by Gasteiger charge is 2.23. The molecule has 0 aromatic carbocycles. The highest BCUT2D eigenvalue weighted by atomic mass is 32.2. The first-order valence-corrected chi connectivity index (χ1v) is 11.4. The van der Waals surface area contributed by atoms with Crippen molar-refractivity contribution in [3.63, 3.8) is 0 Å². The molecular weight excluding hydrogens is 408 g/mol. The van der Waals surface area contributed by atoms with Crippen LogP contribution in [0.2, 0.25) is 0 Å². The first-order valence-electron chi connectivity index (χ1n) is 9.54. The van der Waals surface area contributed by atoms with Crippen LogP contribution in [0.4, 0.5) is 5.69 Å². The lowest BCUT2D eigenvalue weighted by molar-refractivity contribution is -0.113. The first-order chi connectivity index (χ1) is 14.0. The van der Waals surface area contributed by atoms with Crippen molar-refractivity contribution in [1.82, 2.24) is 24.5 Å². The molecule has 8 nitrogen and oxygen atoms in total. The average molecular weight is 433 g/mol. The van der Waals surface area contributed by atoms with E-state index >= 15 is 0 Å². The van der Waals surface area contributed by atoms with Crippen LogP contribution in [0.3, 0.4) is 0 Å². The minimum absolute atomic E-state index is 0.0847. The fourth-order valence-electron chi connectivity index (χ4n) is 3.40. The number of nitrogens with zero attached hydrogens (tertiary/aromatic N) is 5. The summed E-state index contributed by atoms with van der Waals surface area (Å²) in [6, 6.07) is 4.04. The van der Waals surface area contributed by atoms with Gasteiger partial charge in [-0.3, -0.25) is 14.0 Å². The number of anilines is 1. The smallest absolute Gasteiger partial charge is 0.234 e. The maximum Gasteiger partial charge on any atom is 0.234 e. The van der Waals surface area contributed by atoms with Crippen LogP contribution >= 0.6 is 23.1 Å². The van der Waals surface area contributed by atoms with Crippen molar-refractivity contribution < 1.29 is 9.53 Å². The number of aromatic nitrogens is 5. The molecule has 1 unspecified atom stereocenters. The monoisotopic (exact) mass is 432 g/mol. The number of amides is 1. The van der Waals surface area contributed by atoms with E-state index < -0.39 is 0 Å². The Kier molecular flexibility index (Phi) is 6.02. The van der Waals surface area contributed by atoms with Gasteiger partial charge in [0.05, 0.1) is 40.4 Å². The van der Waals surface area contributed by atoms with Gasteiger partial charge in [0.1, 0.15) is 0 Å². The van der Waals surface area contributed by atoms with Crippen molar-refractivity contribution in [3.05, 3.63) is 28.9 Å². The number of carbonyl (C=O) groups excluding carboxylic acids is 1. The molecule has 10 heteroatoms. The Morgan fingerprint density at radius 2 is 2.28 bits per heavy atom. The van der Waals surface area contributed by atoms with E-state index in [1.807, 2.05) is 38.4 Å². The third-order valence-electron chi connectivity index (χ3n) is 4.97. The molecule has 1 N–H and O–H groups in total. The summed E-state index contributed by atoms with van der Waals surface area (Å²) in [6.07, 6.45) is 2.28. The lowest BCUT2D eigenvalue weighted by Gasteiger charge is -2.14.